The van der Waals surface area contributed by atoms with Gasteiger partial charge >= 0.3 is 0 Å². The molecule has 0 aromatic heterocycles. The summed E-state index contributed by atoms with van der Waals surface area (Å²) in [4.78, 5) is 28.2. The molecule has 2 aromatic carbocycles. The highest BCUT2D eigenvalue weighted by molar-refractivity contribution is 7.92. The van der Waals surface area contributed by atoms with Crippen LogP contribution in [0.2, 0.25) is 5.02 Å². The molecule has 0 aliphatic heterocycles. The Bertz CT molecular complexity index is 1140. The summed E-state index contributed by atoms with van der Waals surface area (Å²) in [5.74, 6) is -0.695. The Balaban J connectivity index is 1.91. The van der Waals surface area contributed by atoms with Crippen molar-refractivity contribution in [2.45, 2.75) is 65.1 Å². The smallest absolute Gasteiger partial charge is 0.244 e. The second-order valence-electron chi connectivity index (χ2n) is 9.32. The summed E-state index contributed by atoms with van der Waals surface area (Å²) >= 11 is 6.02. The van der Waals surface area contributed by atoms with Crippen LogP contribution in [0.25, 0.3) is 0 Å². The summed E-state index contributed by atoms with van der Waals surface area (Å²) in [7, 11) is -3.77. The molecule has 0 saturated heterocycles. The molecule has 0 heterocycles. The molecule has 0 spiro atoms. The zero-order valence-electron chi connectivity index (χ0n) is 20.8. The summed E-state index contributed by atoms with van der Waals surface area (Å²) in [5, 5.41) is 3.62. The Kier molecular flexibility index (Phi) is 8.83. The third-order valence-corrected chi connectivity index (χ3v) is 7.87. The Morgan fingerprint density at radius 2 is 1.63 bits per heavy atom. The van der Waals surface area contributed by atoms with E-state index in [1.165, 1.54) is 4.90 Å². The zero-order valence-corrected chi connectivity index (χ0v) is 22.3. The van der Waals surface area contributed by atoms with Gasteiger partial charge < -0.3 is 10.2 Å². The van der Waals surface area contributed by atoms with E-state index >= 15 is 0 Å². The largest absolute Gasteiger partial charge is 0.352 e. The van der Waals surface area contributed by atoms with Gasteiger partial charge in [-0.1, -0.05) is 54.8 Å². The van der Waals surface area contributed by atoms with Crippen molar-refractivity contribution in [3.8, 4) is 0 Å². The van der Waals surface area contributed by atoms with Gasteiger partial charge in [0.25, 0.3) is 0 Å². The van der Waals surface area contributed by atoms with E-state index in [4.69, 9.17) is 11.6 Å². The first-order chi connectivity index (χ1) is 16.5. The highest BCUT2D eigenvalue weighted by Gasteiger charge is 2.32. The number of aryl methyl sites for hydroxylation is 2. The number of hydrogen-bond donors (Lipinski definition) is 1. The van der Waals surface area contributed by atoms with Crippen molar-refractivity contribution in [1.82, 2.24) is 10.2 Å². The first kappa shape index (κ1) is 27.0. The SMILES string of the molecule is Cc1cccc(C)c1N(CC(=O)N(Cc1ccc(Cl)cc1)C(C)C(=O)NC1CCCC1)S(C)(=O)=O. The van der Waals surface area contributed by atoms with Crippen LogP contribution in [-0.2, 0) is 26.2 Å². The number of benzene rings is 2. The molecule has 2 amide bonds. The van der Waals surface area contributed by atoms with Crippen LogP contribution >= 0.6 is 11.6 Å². The van der Waals surface area contributed by atoms with Crippen molar-refractivity contribution in [2.24, 2.45) is 0 Å². The molecule has 1 unspecified atom stereocenters. The molecule has 2 aromatic rings. The van der Waals surface area contributed by atoms with E-state index in [-0.39, 0.29) is 18.5 Å². The van der Waals surface area contributed by atoms with Gasteiger partial charge in [0, 0.05) is 17.6 Å². The van der Waals surface area contributed by atoms with Gasteiger partial charge in [0.2, 0.25) is 21.8 Å². The molecule has 1 saturated carbocycles. The minimum Gasteiger partial charge on any atom is -0.352 e. The minimum atomic E-state index is -3.77. The Morgan fingerprint density at radius 1 is 1.06 bits per heavy atom. The lowest BCUT2D eigenvalue weighted by atomic mass is 10.1. The number of rotatable bonds is 9. The predicted molar refractivity (Wildman–Crippen MR) is 140 cm³/mol. The van der Waals surface area contributed by atoms with Crippen molar-refractivity contribution in [3.63, 3.8) is 0 Å². The van der Waals surface area contributed by atoms with Gasteiger partial charge in [-0.2, -0.15) is 0 Å². The molecule has 0 bridgehead atoms. The molecule has 3 rings (SSSR count). The summed E-state index contributed by atoms with van der Waals surface area (Å²) in [6.45, 7) is 5.06. The fourth-order valence-electron chi connectivity index (χ4n) is 4.54. The van der Waals surface area contributed by atoms with Gasteiger partial charge in [-0.3, -0.25) is 13.9 Å². The predicted octanol–water partition coefficient (Wildman–Crippen LogP) is 4.20. The number of carbonyl (C=O) groups is 2. The van der Waals surface area contributed by atoms with Crippen molar-refractivity contribution >= 4 is 39.1 Å². The van der Waals surface area contributed by atoms with Gasteiger partial charge in [0.15, 0.2) is 0 Å². The summed E-state index contributed by atoms with van der Waals surface area (Å²) in [5.41, 5.74) is 2.78. The number of amides is 2. The van der Waals surface area contributed by atoms with Crippen molar-refractivity contribution < 1.29 is 18.0 Å². The molecule has 1 aliphatic rings. The third kappa shape index (κ3) is 6.98. The number of hydrogen-bond acceptors (Lipinski definition) is 4. The molecule has 35 heavy (non-hydrogen) atoms. The lowest BCUT2D eigenvalue weighted by Crippen LogP contribution is -2.52. The number of carbonyl (C=O) groups excluding carboxylic acids is 2. The summed E-state index contributed by atoms with van der Waals surface area (Å²) in [6, 6.07) is 11.8. The summed E-state index contributed by atoms with van der Waals surface area (Å²) < 4.78 is 26.7. The number of para-hydroxylation sites is 1. The van der Waals surface area contributed by atoms with Gasteiger partial charge in [0.1, 0.15) is 12.6 Å². The number of anilines is 1. The van der Waals surface area contributed by atoms with Crippen molar-refractivity contribution in [2.75, 3.05) is 17.1 Å². The molecule has 1 N–H and O–H groups in total. The normalized spacial score (nSPS) is 15.0. The first-order valence-electron chi connectivity index (χ1n) is 11.9. The first-order valence-corrected chi connectivity index (χ1v) is 14.1. The number of nitrogens with one attached hydrogen (secondary N) is 1. The van der Waals surface area contributed by atoms with E-state index in [0.29, 0.717) is 10.7 Å². The van der Waals surface area contributed by atoms with Crippen molar-refractivity contribution in [1.29, 1.82) is 0 Å². The van der Waals surface area contributed by atoms with Gasteiger partial charge in [-0.15, -0.1) is 0 Å². The monoisotopic (exact) mass is 519 g/mol. The average Bonchev–Trinajstić information content (AvgIpc) is 3.29. The standard InChI is InChI=1S/C26H34ClN3O4S/c1-18-8-7-9-19(2)25(18)30(35(4,33)34)17-24(31)29(16-21-12-14-22(27)15-13-21)20(3)26(32)28-23-10-5-6-11-23/h7-9,12-15,20,23H,5-6,10-11,16-17H2,1-4H3,(H,28,32). The van der Waals surface area contributed by atoms with E-state index < -0.39 is 28.5 Å². The maximum absolute atomic E-state index is 13.7. The van der Waals surface area contributed by atoms with Crippen molar-refractivity contribution in [3.05, 3.63) is 64.2 Å². The van der Waals surface area contributed by atoms with Crippen LogP contribution in [0.3, 0.4) is 0 Å². The average molecular weight is 520 g/mol. The van der Waals surface area contributed by atoms with E-state index in [1.54, 1.807) is 31.2 Å². The van der Waals surface area contributed by atoms with Gasteiger partial charge in [-0.25, -0.2) is 8.42 Å². The molecule has 1 fully saturated rings. The van der Waals surface area contributed by atoms with E-state index in [9.17, 15) is 18.0 Å². The second kappa shape index (κ2) is 11.4. The zero-order chi connectivity index (χ0) is 25.8. The minimum absolute atomic E-state index is 0.111. The highest BCUT2D eigenvalue weighted by atomic mass is 35.5. The van der Waals surface area contributed by atoms with Gasteiger partial charge in [-0.05, 0) is 62.4 Å². The fraction of sp³-hybridized carbons (Fsp3) is 0.462. The Morgan fingerprint density at radius 3 is 2.17 bits per heavy atom. The number of sulfonamides is 1. The molecule has 1 aliphatic carbocycles. The molecule has 7 nitrogen and oxygen atoms in total. The molecule has 9 heteroatoms. The number of nitrogens with zero attached hydrogens (tertiary/aromatic N) is 2. The maximum Gasteiger partial charge on any atom is 0.244 e. The highest BCUT2D eigenvalue weighted by Crippen LogP contribution is 2.27. The van der Waals surface area contributed by atoms with Crippen LogP contribution in [0.5, 0.6) is 0 Å². The lowest BCUT2D eigenvalue weighted by molar-refractivity contribution is -0.139. The van der Waals surface area contributed by atoms with Crippen LogP contribution in [0.1, 0.15) is 49.3 Å². The second-order valence-corrected chi connectivity index (χ2v) is 11.7. The quantitative estimate of drug-likeness (QED) is 0.538. The van der Waals surface area contributed by atoms with E-state index in [1.807, 2.05) is 32.0 Å². The summed E-state index contributed by atoms with van der Waals surface area (Å²) in [6.07, 6.45) is 5.10. The Hall–Kier alpha value is -2.58. The van der Waals surface area contributed by atoms with Crippen LogP contribution in [0, 0.1) is 13.8 Å². The Labute approximate surface area is 213 Å². The van der Waals surface area contributed by atoms with E-state index in [0.717, 1.165) is 52.9 Å². The lowest BCUT2D eigenvalue weighted by Gasteiger charge is -2.33. The van der Waals surface area contributed by atoms with E-state index in [2.05, 4.69) is 5.32 Å². The van der Waals surface area contributed by atoms with Crippen LogP contribution < -0.4 is 9.62 Å². The molecular weight excluding hydrogens is 486 g/mol. The van der Waals surface area contributed by atoms with Crippen LogP contribution in [-0.4, -0.2) is 50.0 Å². The number of halogens is 1. The van der Waals surface area contributed by atoms with Crippen LogP contribution in [0.15, 0.2) is 42.5 Å². The third-order valence-electron chi connectivity index (χ3n) is 6.50. The van der Waals surface area contributed by atoms with Gasteiger partial charge in [0.05, 0.1) is 11.9 Å². The molecule has 0 radical (unpaired) electrons. The fourth-order valence-corrected chi connectivity index (χ4v) is 5.63. The molecule has 190 valence electrons. The maximum atomic E-state index is 13.7. The molecular formula is C26H34ClN3O4S. The van der Waals surface area contributed by atoms with Crippen LogP contribution in [0.4, 0.5) is 5.69 Å². The topological polar surface area (TPSA) is 86.8 Å². The molecule has 1 atom stereocenters.